The van der Waals surface area contributed by atoms with Gasteiger partial charge in [0.25, 0.3) is 0 Å². The van der Waals surface area contributed by atoms with E-state index in [0.717, 1.165) is 38.4 Å². The van der Waals surface area contributed by atoms with Crippen molar-refractivity contribution in [3.05, 3.63) is 35.9 Å². The molecule has 1 aromatic carbocycles. The summed E-state index contributed by atoms with van der Waals surface area (Å²) in [4.78, 5) is 14.5. The van der Waals surface area contributed by atoms with Gasteiger partial charge in [0.1, 0.15) is 0 Å². The Kier molecular flexibility index (Phi) is 6.17. The Morgan fingerprint density at radius 2 is 2.00 bits per heavy atom. The monoisotopic (exact) mass is 291 g/mol. The van der Waals surface area contributed by atoms with Crippen molar-refractivity contribution in [2.24, 2.45) is 11.7 Å². The molecular formula is C16H25N3O2. The molecule has 0 aliphatic carbocycles. The molecule has 0 bridgehead atoms. The Labute approximate surface area is 126 Å². The van der Waals surface area contributed by atoms with Crippen LogP contribution in [0.15, 0.2) is 30.3 Å². The standard InChI is InChI=1S/C16H25N3O2/c1-13(11-17)16(20)18-15(14-5-3-2-4-6-14)12-19-7-9-21-10-8-19/h2-6,13,15H,7-12,17H2,1H3,(H,18,20). The summed E-state index contributed by atoms with van der Waals surface area (Å²) in [7, 11) is 0. The van der Waals surface area contributed by atoms with E-state index < -0.39 is 0 Å². The lowest BCUT2D eigenvalue weighted by Gasteiger charge is -2.31. The molecule has 116 valence electrons. The van der Waals surface area contributed by atoms with Crippen molar-refractivity contribution in [2.75, 3.05) is 39.4 Å². The molecule has 5 heteroatoms. The van der Waals surface area contributed by atoms with Gasteiger partial charge in [-0.15, -0.1) is 0 Å². The zero-order chi connectivity index (χ0) is 15.1. The van der Waals surface area contributed by atoms with E-state index in [2.05, 4.69) is 22.3 Å². The van der Waals surface area contributed by atoms with Gasteiger partial charge in [-0.2, -0.15) is 0 Å². The van der Waals surface area contributed by atoms with E-state index in [1.807, 2.05) is 25.1 Å². The third-order valence-corrected chi connectivity index (χ3v) is 3.86. The van der Waals surface area contributed by atoms with Crippen LogP contribution in [0.25, 0.3) is 0 Å². The predicted octanol–water partition coefficient (Wildman–Crippen LogP) is 0.771. The third kappa shape index (κ3) is 4.81. The fraction of sp³-hybridized carbons (Fsp3) is 0.562. The van der Waals surface area contributed by atoms with Crippen LogP contribution in [0.1, 0.15) is 18.5 Å². The van der Waals surface area contributed by atoms with E-state index in [-0.39, 0.29) is 17.9 Å². The Hall–Kier alpha value is -1.43. The van der Waals surface area contributed by atoms with Crippen LogP contribution >= 0.6 is 0 Å². The van der Waals surface area contributed by atoms with Gasteiger partial charge in [-0.25, -0.2) is 0 Å². The number of nitrogens with two attached hydrogens (primary N) is 1. The van der Waals surface area contributed by atoms with Crippen molar-refractivity contribution in [1.82, 2.24) is 10.2 Å². The van der Waals surface area contributed by atoms with Crippen molar-refractivity contribution in [2.45, 2.75) is 13.0 Å². The quantitative estimate of drug-likeness (QED) is 0.812. The first kappa shape index (κ1) is 15.9. The highest BCUT2D eigenvalue weighted by molar-refractivity contribution is 5.79. The molecule has 0 spiro atoms. The fourth-order valence-corrected chi connectivity index (χ4v) is 2.38. The van der Waals surface area contributed by atoms with E-state index in [1.54, 1.807) is 0 Å². The zero-order valence-electron chi connectivity index (χ0n) is 12.6. The molecule has 0 radical (unpaired) electrons. The lowest BCUT2D eigenvalue weighted by Crippen LogP contribution is -2.44. The summed E-state index contributed by atoms with van der Waals surface area (Å²) in [6.45, 7) is 6.36. The molecule has 1 amide bonds. The number of ether oxygens (including phenoxy) is 1. The van der Waals surface area contributed by atoms with Gasteiger partial charge in [0.05, 0.1) is 19.3 Å². The second kappa shape index (κ2) is 8.12. The summed E-state index contributed by atoms with van der Waals surface area (Å²) < 4.78 is 5.38. The number of carbonyl (C=O) groups is 1. The second-order valence-corrected chi connectivity index (χ2v) is 5.52. The molecule has 2 rings (SSSR count). The fourth-order valence-electron chi connectivity index (χ4n) is 2.38. The van der Waals surface area contributed by atoms with Crippen LogP contribution in [0, 0.1) is 5.92 Å². The highest BCUT2D eigenvalue weighted by Gasteiger charge is 2.21. The molecule has 3 N–H and O–H groups in total. The number of amides is 1. The summed E-state index contributed by atoms with van der Waals surface area (Å²) in [6.07, 6.45) is 0. The molecule has 5 nitrogen and oxygen atoms in total. The van der Waals surface area contributed by atoms with Crippen LogP contribution in [0.4, 0.5) is 0 Å². The topological polar surface area (TPSA) is 67.6 Å². The van der Waals surface area contributed by atoms with Gasteiger partial charge in [0.2, 0.25) is 5.91 Å². The van der Waals surface area contributed by atoms with E-state index in [4.69, 9.17) is 10.5 Å². The molecule has 0 saturated carbocycles. The van der Waals surface area contributed by atoms with Gasteiger partial charge >= 0.3 is 0 Å². The molecule has 1 heterocycles. The van der Waals surface area contributed by atoms with Gasteiger partial charge in [0, 0.05) is 32.1 Å². The second-order valence-electron chi connectivity index (χ2n) is 5.52. The van der Waals surface area contributed by atoms with E-state index >= 15 is 0 Å². The minimum Gasteiger partial charge on any atom is -0.379 e. The zero-order valence-corrected chi connectivity index (χ0v) is 12.6. The van der Waals surface area contributed by atoms with Crippen LogP contribution < -0.4 is 11.1 Å². The number of nitrogens with zero attached hydrogens (tertiary/aromatic N) is 1. The Morgan fingerprint density at radius 1 is 1.33 bits per heavy atom. The maximum atomic E-state index is 12.2. The number of rotatable bonds is 6. The molecule has 1 fully saturated rings. The molecule has 2 atom stereocenters. The number of carbonyl (C=O) groups excluding carboxylic acids is 1. The molecule has 2 unspecified atom stereocenters. The normalized spacial score (nSPS) is 19.0. The predicted molar refractivity (Wildman–Crippen MR) is 82.8 cm³/mol. The van der Waals surface area contributed by atoms with Crippen molar-refractivity contribution in [1.29, 1.82) is 0 Å². The summed E-state index contributed by atoms with van der Waals surface area (Å²) in [6, 6.07) is 10.1. The first-order chi connectivity index (χ1) is 10.2. The van der Waals surface area contributed by atoms with Crippen molar-refractivity contribution >= 4 is 5.91 Å². The van der Waals surface area contributed by atoms with Crippen LogP contribution in [-0.2, 0) is 9.53 Å². The number of hydrogen-bond acceptors (Lipinski definition) is 4. The number of morpholine rings is 1. The van der Waals surface area contributed by atoms with Crippen molar-refractivity contribution < 1.29 is 9.53 Å². The largest absolute Gasteiger partial charge is 0.379 e. The van der Waals surface area contributed by atoms with Gasteiger partial charge in [-0.1, -0.05) is 37.3 Å². The average Bonchev–Trinajstić information content (AvgIpc) is 2.55. The Morgan fingerprint density at radius 3 is 2.62 bits per heavy atom. The first-order valence-electron chi connectivity index (χ1n) is 7.56. The Balaban J connectivity index is 2.04. The Bertz CT molecular complexity index is 432. The minimum atomic E-state index is -0.166. The summed E-state index contributed by atoms with van der Waals surface area (Å²) in [5.74, 6) is -0.152. The van der Waals surface area contributed by atoms with Gasteiger partial charge in [0.15, 0.2) is 0 Å². The van der Waals surface area contributed by atoms with Crippen LogP contribution in [-0.4, -0.2) is 50.2 Å². The first-order valence-corrected chi connectivity index (χ1v) is 7.56. The summed E-state index contributed by atoms with van der Waals surface area (Å²) in [5.41, 5.74) is 6.71. The molecule has 1 aromatic rings. The maximum absolute atomic E-state index is 12.2. The molecule has 21 heavy (non-hydrogen) atoms. The highest BCUT2D eigenvalue weighted by Crippen LogP contribution is 2.16. The highest BCUT2D eigenvalue weighted by atomic mass is 16.5. The SMILES string of the molecule is CC(CN)C(=O)NC(CN1CCOCC1)c1ccccc1. The van der Waals surface area contributed by atoms with Gasteiger partial charge in [-0.3, -0.25) is 9.69 Å². The summed E-state index contributed by atoms with van der Waals surface area (Å²) in [5, 5.41) is 3.13. The minimum absolute atomic E-state index is 0.00852. The number of benzene rings is 1. The number of hydrogen-bond donors (Lipinski definition) is 2. The summed E-state index contributed by atoms with van der Waals surface area (Å²) >= 11 is 0. The molecule has 1 aliphatic heterocycles. The van der Waals surface area contributed by atoms with E-state index in [9.17, 15) is 4.79 Å². The third-order valence-electron chi connectivity index (χ3n) is 3.86. The molecule has 1 saturated heterocycles. The smallest absolute Gasteiger partial charge is 0.224 e. The number of nitrogens with one attached hydrogen (secondary N) is 1. The molecule has 0 aromatic heterocycles. The van der Waals surface area contributed by atoms with Gasteiger partial charge in [-0.05, 0) is 5.56 Å². The average molecular weight is 291 g/mol. The lowest BCUT2D eigenvalue weighted by atomic mass is 10.0. The van der Waals surface area contributed by atoms with Crippen LogP contribution in [0.2, 0.25) is 0 Å². The molecule has 1 aliphatic rings. The van der Waals surface area contributed by atoms with Gasteiger partial charge < -0.3 is 15.8 Å². The van der Waals surface area contributed by atoms with E-state index in [0.29, 0.717) is 6.54 Å². The maximum Gasteiger partial charge on any atom is 0.224 e. The lowest BCUT2D eigenvalue weighted by molar-refractivity contribution is -0.125. The van der Waals surface area contributed by atoms with Crippen LogP contribution in [0.5, 0.6) is 0 Å². The van der Waals surface area contributed by atoms with Crippen LogP contribution in [0.3, 0.4) is 0 Å². The van der Waals surface area contributed by atoms with Crippen molar-refractivity contribution in [3.8, 4) is 0 Å². The van der Waals surface area contributed by atoms with E-state index in [1.165, 1.54) is 0 Å². The molecular weight excluding hydrogens is 266 g/mol. The van der Waals surface area contributed by atoms with Crippen molar-refractivity contribution in [3.63, 3.8) is 0 Å².